The average molecular weight is 490 g/mol. The number of quaternary nitrogens is 1. The molecule has 5 rings (SSSR count). The molecule has 3 aliphatic rings. The number of para-hydroxylation sites is 2. The van der Waals surface area contributed by atoms with Gasteiger partial charge in [-0.1, -0.05) is 81.8 Å². The highest BCUT2D eigenvalue weighted by molar-refractivity contribution is 5.89. The number of rotatable bonds is 7. The van der Waals surface area contributed by atoms with E-state index in [1.54, 1.807) is 0 Å². The van der Waals surface area contributed by atoms with Gasteiger partial charge in [-0.05, 0) is 31.4 Å². The lowest BCUT2D eigenvalue weighted by atomic mass is 9.86. The Morgan fingerprint density at radius 3 is 2.06 bits per heavy atom. The maximum Gasteiger partial charge on any atom is 0.232 e. The number of carbonyl (C=O) groups is 1. The molecule has 194 valence electrons. The zero-order chi connectivity index (χ0) is 24.8. The lowest BCUT2D eigenvalue weighted by Gasteiger charge is -2.46. The molecular weight excluding hydrogens is 444 g/mol. The number of hydrogen-bond donors (Lipinski definition) is 1. The molecule has 1 aliphatic carbocycles. The number of amides is 1. The van der Waals surface area contributed by atoms with Crippen LogP contribution in [-0.4, -0.2) is 42.6 Å². The van der Waals surface area contributed by atoms with Crippen molar-refractivity contribution >= 4 is 5.91 Å². The molecule has 2 aliphatic heterocycles. The smallest absolute Gasteiger partial charge is 0.232 e. The molecule has 2 fully saturated rings. The average Bonchev–Trinajstić information content (AvgIpc) is 2.89. The van der Waals surface area contributed by atoms with Crippen molar-refractivity contribution in [2.45, 2.75) is 89.5 Å². The molecule has 0 unspecified atom stereocenters. The van der Waals surface area contributed by atoms with Crippen LogP contribution in [-0.2, 0) is 4.79 Å². The van der Waals surface area contributed by atoms with Crippen molar-refractivity contribution in [3.8, 4) is 11.5 Å². The maximum absolute atomic E-state index is 13.7. The van der Waals surface area contributed by atoms with Crippen molar-refractivity contribution in [3.63, 3.8) is 0 Å². The summed E-state index contributed by atoms with van der Waals surface area (Å²) in [5, 5.41) is 3.48. The third kappa shape index (κ3) is 5.80. The molecule has 2 aromatic rings. The minimum atomic E-state index is -0.303. The van der Waals surface area contributed by atoms with E-state index in [0.717, 1.165) is 41.4 Å². The summed E-state index contributed by atoms with van der Waals surface area (Å²) in [4.78, 5) is 13.7. The predicted octanol–water partition coefficient (Wildman–Crippen LogP) is 7.18. The Labute approximate surface area is 218 Å². The van der Waals surface area contributed by atoms with Gasteiger partial charge in [0.2, 0.25) is 5.91 Å². The molecule has 1 saturated carbocycles. The summed E-state index contributed by atoms with van der Waals surface area (Å²) < 4.78 is 7.40. The second-order valence-electron chi connectivity index (χ2n) is 11.7. The standard InChI is InChI=1S/C32H44N2O2/c1-2-3-21-34(24-25-13-7-5-4-6-8-14-25)22-19-26(20-23-34)33-32(35)31-27-15-9-11-17-29(27)36-30-18-12-10-16-28(30)31/h9-12,15-18,25-26,31H,2-8,13-14,19-24H2,1H3/p+1. The van der Waals surface area contributed by atoms with E-state index in [1.807, 2.05) is 48.5 Å². The Morgan fingerprint density at radius 2 is 1.44 bits per heavy atom. The normalized spacial score (nSPS) is 25.1. The van der Waals surface area contributed by atoms with Crippen LogP contribution in [0.15, 0.2) is 48.5 Å². The second-order valence-corrected chi connectivity index (χ2v) is 11.7. The monoisotopic (exact) mass is 489 g/mol. The number of ether oxygens (including phenoxy) is 1. The Bertz CT molecular complexity index is 957. The fourth-order valence-electron chi connectivity index (χ4n) is 7.00. The molecule has 2 aromatic carbocycles. The lowest BCUT2D eigenvalue weighted by Crippen LogP contribution is -2.59. The number of nitrogens with one attached hydrogen (secondary N) is 1. The Hall–Kier alpha value is -2.33. The van der Waals surface area contributed by atoms with Crippen LogP contribution in [0.4, 0.5) is 0 Å². The molecule has 0 atom stereocenters. The number of fused-ring (bicyclic) bond motifs is 2. The summed E-state index contributed by atoms with van der Waals surface area (Å²) in [6.45, 7) is 7.42. The van der Waals surface area contributed by atoms with E-state index >= 15 is 0 Å². The Balaban J connectivity index is 1.25. The largest absolute Gasteiger partial charge is 0.457 e. The minimum Gasteiger partial charge on any atom is -0.457 e. The van der Waals surface area contributed by atoms with Crippen LogP contribution in [0.3, 0.4) is 0 Å². The maximum atomic E-state index is 13.7. The molecular formula is C32H45N2O2+. The van der Waals surface area contributed by atoms with E-state index in [9.17, 15) is 4.79 Å². The summed E-state index contributed by atoms with van der Waals surface area (Å²) in [5.74, 6) is 2.31. The molecule has 4 heteroatoms. The van der Waals surface area contributed by atoms with E-state index in [2.05, 4.69) is 12.2 Å². The van der Waals surface area contributed by atoms with Crippen LogP contribution >= 0.6 is 0 Å². The summed E-state index contributed by atoms with van der Waals surface area (Å²) >= 11 is 0. The molecule has 36 heavy (non-hydrogen) atoms. The number of hydrogen-bond acceptors (Lipinski definition) is 2. The molecule has 4 nitrogen and oxygen atoms in total. The first-order valence-corrected chi connectivity index (χ1v) is 14.7. The number of carbonyl (C=O) groups excluding carboxylic acids is 1. The van der Waals surface area contributed by atoms with Crippen molar-refractivity contribution in [1.82, 2.24) is 5.32 Å². The second kappa shape index (κ2) is 11.8. The van der Waals surface area contributed by atoms with Gasteiger partial charge in [0.05, 0.1) is 32.1 Å². The van der Waals surface area contributed by atoms with Gasteiger partial charge < -0.3 is 14.5 Å². The van der Waals surface area contributed by atoms with Gasteiger partial charge in [-0.25, -0.2) is 0 Å². The topological polar surface area (TPSA) is 38.3 Å². The van der Waals surface area contributed by atoms with Crippen LogP contribution < -0.4 is 10.1 Å². The third-order valence-electron chi connectivity index (χ3n) is 9.05. The predicted molar refractivity (Wildman–Crippen MR) is 146 cm³/mol. The molecule has 1 saturated heterocycles. The molecule has 0 radical (unpaired) electrons. The quantitative estimate of drug-likeness (QED) is 0.418. The zero-order valence-electron chi connectivity index (χ0n) is 22.2. The third-order valence-corrected chi connectivity index (χ3v) is 9.05. The van der Waals surface area contributed by atoms with Crippen molar-refractivity contribution < 1.29 is 14.0 Å². The Morgan fingerprint density at radius 1 is 0.861 bits per heavy atom. The van der Waals surface area contributed by atoms with Crippen LogP contribution in [0.1, 0.15) is 94.6 Å². The fourth-order valence-corrected chi connectivity index (χ4v) is 7.00. The van der Waals surface area contributed by atoms with Gasteiger partial charge in [0.1, 0.15) is 11.5 Å². The summed E-state index contributed by atoms with van der Waals surface area (Å²) in [6, 6.07) is 16.3. The molecule has 1 amide bonds. The van der Waals surface area contributed by atoms with Crippen molar-refractivity contribution in [1.29, 1.82) is 0 Å². The van der Waals surface area contributed by atoms with Crippen molar-refractivity contribution in [2.75, 3.05) is 26.2 Å². The van der Waals surface area contributed by atoms with Gasteiger partial charge in [-0.2, -0.15) is 0 Å². The number of nitrogens with zero attached hydrogens (tertiary/aromatic N) is 1. The fraction of sp³-hybridized carbons (Fsp3) is 0.594. The number of unbranched alkanes of at least 4 members (excludes halogenated alkanes) is 1. The van der Waals surface area contributed by atoms with Gasteiger partial charge in [0, 0.05) is 35.9 Å². The van der Waals surface area contributed by atoms with E-state index in [4.69, 9.17) is 4.74 Å². The van der Waals surface area contributed by atoms with E-state index in [-0.39, 0.29) is 17.9 Å². The van der Waals surface area contributed by atoms with Crippen molar-refractivity contribution in [3.05, 3.63) is 59.7 Å². The van der Waals surface area contributed by atoms with E-state index in [0.29, 0.717) is 0 Å². The molecule has 0 aromatic heterocycles. The van der Waals surface area contributed by atoms with Crippen LogP contribution in [0.5, 0.6) is 11.5 Å². The zero-order valence-corrected chi connectivity index (χ0v) is 22.2. The van der Waals surface area contributed by atoms with Gasteiger partial charge in [-0.15, -0.1) is 0 Å². The summed E-state index contributed by atoms with van der Waals surface area (Å²) in [5.41, 5.74) is 1.95. The first kappa shape index (κ1) is 25.3. The number of piperidine rings is 1. The highest BCUT2D eigenvalue weighted by Crippen LogP contribution is 2.44. The Kier molecular flexibility index (Phi) is 8.31. The van der Waals surface area contributed by atoms with Gasteiger partial charge in [0.15, 0.2) is 0 Å². The van der Waals surface area contributed by atoms with Crippen LogP contribution in [0.25, 0.3) is 0 Å². The van der Waals surface area contributed by atoms with Crippen molar-refractivity contribution in [2.24, 2.45) is 5.92 Å². The van der Waals surface area contributed by atoms with E-state index < -0.39 is 0 Å². The molecule has 1 N–H and O–H groups in total. The van der Waals surface area contributed by atoms with Gasteiger partial charge in [-0.3, -0.25) is 4.79 Å². The number of likely N-dealkylation sites (tertiary alicyclic amines) is 1. The van der Waals surface area contributed by atoms with Gasteiger partial charge in [0.25, 0.3) is 0 Å². The van der Waals surface area contributed by atoms with Crippen LogP contribution in [0.2, 0.25) is 0 Å². The lowest BCUT2D eigenvalue weighted by molar-refractivity contribution is -0.936. The summed E-state index contributed by atoms with van der Waals surface area (Å²) in [7, 11) is 0. The van der Waals surface area contributed by atoms with E-state index in [1.165, 1.54) is 88.4 Å². The molecule has 0 bridgehead atoms. The SMILES string of the molecule is CCCC[N+]1(CC2CCCCCCC2)CCC(NC(=O)C2c3ccccc3Oc3ccccc32)CC1. The summed E-state index contributed by atoms with van der Waals surface area (Å²) in [6.07, 6.45) is 14.8. The minimum absolute atomic E-state index is 0.122. The molecule has 2 heterocycles. The highest BCUT2D eigenvalue weighted by atomic mass is 16.5. The highest BCUT2D eigenvalue weighted by Gasteiger charge is 2.38. The first-order chi connectivity index (χ1) is 17.7. The number of benzene rings is 2. The molecule has 0 spiro atoms. The van der Waals surface area contributed by atoms with Gasteiger partial charge >= 0.3 is 0 Å². The first-order valence-electron chi connectivity index (χ1n) is 14.7. The van der Waals surface area contributed by atoms with Crippen LogP contribution in [0, 0.1) is 5.92 Å².